The molecule has 0 saturated heterocycles. The zero-order valence-electron chi connectivity index (χ0n) is 13.9. The third-order valence-electron chi connectivity index (χ3n) is 5.06. The van der Waals surface area contributed by atoms with E-state index in [1.54, 1.807) is 5.19 Å². The third-order valence-corrected chi connectivity index (χ3v) is 10.2. The lowest BCUT2D eigenvalue weighted by molar-refractivity contribution is 0.210. The first-order valence-electron chi connectivity index (χ1n) is 8.44. The lowest BCUT2D eigenvalue weighted by Crippen LogP contribution is -2.57. The van der Waals surface area contributed by atoms with Gasteiger partial charge in [0.2, 0.25) is 8.32 Å². The van der Waals surface area contributed by atoms with Crippen LogP contribution in [0.1, 0.15) is 44.4 Å². The van der Waals surface area contributed by atoms with Gasteiger partial charge in [0.05, 0.1) is 6.10 Å². The summed E-state index contributed by atoms with van der Waals surface area (Å²) in [5, 5.41) is 1.54. The van der Waals surface area contributed by atoms with Gasteiger partial charge >= 0.3 is 0 Å². The maximum absolute atomic E-state index is 6.89. The van der Waals surface area contributed by atoms with Crippen molar-refractivity contribution in [1.82, 2.24) is 0 Å². The van der Waals surface area contributed by atoms with Crippen LogP contribution in [-0.2, 0) is 10.8 Å². The van der Waals surface area contributed by atoms with Gasteiger partial charge < -0.3 is 4.43 Å². The minimum Gasteiger partial charge on any atom is -0.405 e. The van der Waals surface area contributed by atoms with Crippen molar-refractivity contribution < 1.29 is 4.43 Å². The molecule has 0 N–H and O–H groups in total. The van der Waals surface area contributed by atoms with E-state index in [0.29, 0.717) is 5.54 Å². The average molecular weight is 311 g/mol. The summed E-state index contributed by atoms with van der Waals surface area (Å²) in [6.07, 6.45) is 2.64. The van der Waals surface area contributed by atoms with E-state index in [9.17, 15) is 0 Å². The molecule has 0 fully saturated rings. The van der Waals surface area contributed by atoms with Gasteiger partial charge in [-0.3, -0.25) is 0 Å². The molecule has 0 aromatic heterocycles. The summed E-state index contributed by atoms with van der Waals surface area (Å²) in [5.41, 5.74) is 3.41. The maximum Gasteiger partial charge on any atom is 0.227 e. The molecule has 0 saturated carbocycles. The number of hydrogen-bond acceptors (Lipinski definition) is 1. The highest BCUT2D eigenvalue weighted by molar-refractivity contribution is 6.88. The Hall–Kier alpha value is -1.38. The Labute approximate surface area is 135 Å². The SMILES string of the molecule is CC(C)[Si@@]1(O[C@@H](C)c2ccccc2)CCCc2ccccc21. The monoisotopic (exact) mass is 310 g/mol. The van der Waals surface area contributed by atoms with Crippen molar-refractivity contribution in [3.05, 3.63) is 65.7 Å². The zero-order valence-corrected chi connectivity index (χ0v) is 14.9. The molecule has 0 radical (unpaired) electrons. The van der Waals surface area contributed by atoms with Crippen LogP contribution < -0.4 is 5.19 Å². The molecule has 0 spiro atoms. The molecular formula is C20H26OSi. The Bertz CT molecular complexity index is 623. The highest BCUT2D eigenvalue weighted by Gasteiger charge is 2.45. The summed E-state index contributed by atoms with van der Waals surface area (Å²) in [6.45, 7) is 6.92. The van der Waals surface area contributed by atoms with Crippen LogP contribution in [0.15, 0.2) is 54.6 Å². The van der Waals surface area contributed by atoms with Crippen molar-refractivity contribution in [2.75, 3.05) is 0 Å². The molecule has 1 heterocycles. The van der Waals surface area contributed by atoms with Gasteiger partial charge in [-0.1, -0.05) is 68.4 Å². The lowest BCUT2D eigenvalue weighted by atomic mass is 10.1. The average Bonchev–Trinajstić information content (AvgIpc) is 2.55. The molecule has 0 unspecified atom stereocenters. The molecule has 1 aliphatic rings. The van der Waals surface area contributed by atoms with Crippen LogP contribution in [0.4, 0.5) is 0 Å². The third kappa shape index (κ3) is 2.78. The summed E-state index contributed by atoms with van der Waals surface area (Å²) in [7, 11) is -1.93. The molecule has 0 amide bonds. The van der Waals surface area contributed by atoms with Crippen LogP contribution in [0.2, 0.25) is 11.6 Å². The molecule has 3 rings (SSSR count). The van der Waals surface area contributed by atoms with Crippen molar-refractivity contribution in [3.63, 3.8) is 0 Å². The van der Waals surface area contributed by atoms with Gasteiger partial charge in [0.25, 0.3) is 0 Å². The predicted octanol–water partition coefficient (Wildman–Crippen LogP) is 4.97. The highest BCUT2D eigenvalue weighted by atomic mass is 28.4. The Morgan fingerprint density at radius 3 is 2.32 bits per heavy atom. The fourth-order valence-electron chi connectivity index (χ4n) is 3.79. The molecular weight excluding hydrogens is 284 g/mol. The fraction of sp³-hybridized carbons (Fsp3) is 0.400. The second kappa shape index (κ2) is 6.39. The van der Waals surface area contributed by atoms with E-state index < -0.39 is 8.32 Å². The summed E-state index contributed by atoms with van der Waals surface area (Å²) in [5.74, 6) is 0. The van der Waals surface area contributed by atoms with Crippen LogP contribution >= 0.6 is 0 Å². The summed E-state index contributed by atoms with van der Waals surface area (Å²) in [4.78, 5) is 0. The van der Waals surface area contributed by atoms with Crippen molar-refractivity contribution in [1.29, 1.82) is 0 Å². The van der Waals surface area contributed by atoms with Gasteiger partial charge in [0.1, 0.15) is 0 Å². The van der Waals surface area contributed by atoms with Gasteiger partial charge in [-0.15, -0.1) is 0 Å². The molecule has 22 heavy (non-hydrogen) atoms. The second-order valence-electron chi connectivity index (χ2n) is 6.73. The summed E-state index contributed by atoms with van der Waals surface area (Å²) in [6, 6.07) is 20.9. The van der Waals surface area contributed by atoms with Crippen molar-refractivity contribution in [2.45, 2.75) is 51.3 Å². The first-order chi connectivity index (χ1) is 10.6. The number of hydrogen-bond donors (Lipinski definition) is 0. The van der Waals surface area contributed by atoms with E-state index in [-0.39, 0.29) is 6.10 Å². The second-order valence-corrected chi connectivity index (χ2v) is 10.9. The van der Waals surface area contributed by atoms with Crippen LogP contribution in [0.3, 0.4) is 0 Å². The zero-order chi connectivity index (χ0) is 15.6. The minimum atomic E-state index is -1.93. The normalized spacial score (nSPS) is 22.4. The largest absolute Gasteiger partial charge is 0.405 e. The Morgan fingerprint density at radius 1 is 0.909 bits per heavy atom. The van der Waals surface area contributed by atoms with Gasteiger partial charge in [-0.2, -0.15) is 0 Å². The van der Waals surface area contributed by atoms with E-state index in [1.165, 1.54) is 30.0 Å². The molecule has 0 bridgehead atoms. The van der Waals surface area contributed by atoms with E-state index in [4.69, 9.17) is 4.43 Å². The number of aryl methyl sites for hydroxylation is 1. The Balaban J connectivity index is 1.97. The molecule has 0 aliphatic carbocycles. The standard InChI is InChI=1S/C20H26OSi/c1-16(2)22(21-17(3)18-10-5-4-6-11-18)15-9-13-19-12-7-8-14-20(19)22/h4-8,10-12,14,16-17H,9,13,15H2,1-3H3/t17-,22-/m0/s1. The highest BCUT2D eigenvalue weighted by Crippen LogP contribution is 2.36. The summed E-state index contributed by atoms with van der Waals surface area (Å²) >= 11 is 0. The Kier molecular flexibility index (Phi) is 4.51. The van der Waals surface area contributed by atoms with Gasteiger partial charge in [-0.05, 0) is 47.7 Å². The molecule has 2 aromatic rings. The van der Waals surface area contributed by atoms with Gasteiger partial charge in [0, 0.05) is 0 Å². The van der Waals surface area contributed by atoms with E-state index >= 15 is 0 Å². The first kappa shape index (κ1) is 15.5. The van der Waals surface area contributed by atoms with E-state index in [2.05, 4.69) is 75.4 Å². The van der Waals surface area contributed by atoms with Crippen LogP contribution in [0.25, 0.3) is 0 Å². The number of rotatable bonds is 4. The number of benzene rings is 2. The van der Waals surface area contributed by atoms with E-state index in [0.717, 1.165) is 0 Å². The maximum atomic E-state index is 6.89. The van der Waals surface area contributed by atoms with Crippen molar-refractivity contribution in [3.8, 4) is 0 Å². The smallest absolute Gasteiger partial charge is 0.227 e. The molecule has 1 nitrogen and oxygen atoms in total. The van der Waals surface area contributed by atoms with Crippen LogP contribution in [0, 0.1) is 0 Å². The van der Waals surface area contributed by atoms with Crippen LogP contribution in [-0.4, -0.2) is 8.32 Å². The first-order valence-corrected chi connectivity index (χ1v) is 10.6. The molecule has 2 heteroatoms. The fourth-order valence-corrected chi connectivity index (χ4v) is 8.38. The van der Waals surface area contributed by atoms with Crippen molar-refractivity contribution in [2.24, 2.45) is 0 Å². The summed E-state index contributed by atoms with van der Waals surface area (Å²) < 4.78 is 6.89. The molecule has 2 atom stereocenters. The molecule has 2 aromatic carbocycles. The molecule has 1 aliphatic heterocycles. The van der Waals surface area contributed by atoms with E-state index in [1.807, 2.05) is 0 Å². The Morgan fingerprint density at radius 2 is 1.59 bits per heavy atom. The van der Waals surface area contributed by atoms with Crippen molar-refractivity contribution >= 4 is 13.5 Å². The molecule has 116 valence electrons. The quantitative estimate of drug-likeness (QED) is 0.724. The number of fused-ring (bicyclic) bond motifs is 1. The topological polar surface area (TPSA) is 9.23 Å². The minimum absolute atomic E-state index is 0.168. The van der Waals surface area contributed by atoms with Gasteiger partial charge in [0.15, 0.2) is 0 Å². The van der Waals surface area contributed by atoms with Gasteiger partial charge in [-0.25, -0.2) is 0 Å². The van der Waals surface area contributed by atoms with Crippen LogP contribution in [0.5, 0.6) is 0 Å². The predicted molar refractivity (Wildman–Crippen MR) is 96.0 cm³/mol. The lowest BCUT2D eigenvalue weighted by Gasteiger charge is -2.42.